The van der Waals surface area contributed by atoms with Crippen LogP contribution < -0.4 is 5.32 Å². The lowest BCUT2D eigenvalue weighted by Gasteiger charge is -2.22. The summed E-state index contributed by atoms with van der Waals surface area (Å²) in [6, 6.07) is 0.502. The Morgan fingerprint density at radius 2 is 2.35 bits per heavy atom. The molecule has 2 aliphatic heterocycles. The van der Waals surface area contributed by atoms with Crippen LogP contribution in [0.25, 0.3) is 0 Å². The van der Waals surface area contributed by atoms with Gasteiger partial charge < -0.3 is 5.32 Å². The van der Waals surface area contributed by atoms with Crippen LogP contribution in [0.5, 0.6) is 0 Å². The van der Waals surface area contributed by atoms with E-state index < -0.39 is 0 Å². The number of nitrogens with one attached hydrogen (secondary N) is 1. The lowest BCUT2D eigenvalue weighted by molar-refractivity contribution is -0.142. The zero-order valence-electron chi connectivity index (χ0n) is 10.4. The number of amides is 2. The predicted octanol–water partition coefficient (Wildman–Crippen LogP) is -0.181. The van der Waals surface area contributed by atoms with Crippen LogP contribution in [0, 0.1) is 0 Å². The SMILES string of the molecule is CN(CC(=O)N1CCCC1=O)CC1CCCN1. The Bertz CT molecular complexity index is 300. The van der Waals surface area contributed by atoms with Crippen molar-refractivity contribution in [3.8, 4) is 0 Å². The van der Waals surface area contributed by atoms with Crippen molar-refractivity contribution < 1.29 is 9.59 Å². The molecule has 1 unspecified atom stereocenters. The van der Waals surface area contributed by atoms with Crippen LogP contribution in [-0.2, 0) is 9.59 Å². The minimum Gasteiger partial charge on any atom is -0.313 e. The second kappa shape index (κ2) is 5.60. The number of nitrogens with zero attached hydrogens (tertiary/aromatic N) is 2. The smallest absolute Gasteiger partial charge is 0.243 e. The third-order valence-electron chi connectivity index (χ3n) is 3.47. The summed E-state index contributed by atoms with van der Waals surface area (Å²) in [6.07, 6.45) is 3.75. The van der Waals surface area contributed by atoms with Gasteiger partial charge in [-0.2, -0.15) is 0 Å². The molecular formula is C12H21N3O2. The Hall–Kier alpha value is -0.940. The molecule has 0 spiro atoms. The maximum Gasteiger partial charge on any atom is 0.243 e. The second-order valence-corrected chi connectivity index (χ2v) is 5.03. The van der Waals surface area contributed by atoms with Crippen LogP contribution in [0.3, 0.4) is 0 Å². The standard InChI is InChI=1S/C12H21N3O2/c1-14(8-10-4-2-6-13-10)9-12(17)15-7-3-5-11(15)16/h10,13H,2-9H2,1H3. The summed E-state index contributed by atoms with van der Waals surface area (Å²) in [5.74, 6) is -0.0598. The molecule has 0 bridgehead atoms. The first kappa shape index (κ1) is 12.5. The Labute approximate surface area is 102 Å². The highest BCUT2D eigenvalue weighted by molar-refractivity contribution is 5.97. The van der Waals surface area contributed by atoms with E-state index in [4.69, 9.17) is 0 Å². The third-order valence-corrected chi connectivity index (χ3v) is 3.47. The molecule has 2 saturated heterocycles. The normalized spacial score (nSPS) is 24.9. The quantitative estimate of drug-likeness (QED) is 0.739. The van der Waals surface area contributed by atoms with E-state index in [1.54, 1.807) is 0 Å². The van der Waals surface area contributed by atoms with E-state index in [0.29, 0.717) is 25.6 Å². The molecule has 2 fully saturated rings. The number of likely N-dealkylation sites (tertiary alicyclic amines) is 1. The third kappa shape index (κ3) is 3.26. The Balaban J connectivity index is 1.75. The highest BCUT2D eigenvalue weighted by Crippen LogP contribution is 2.11. The molecule has 0 aliphatic carbocycles. The topological polar surface area (TPSA) is 52.7 Å². The lowest BCUT2D eigenvalue weighted by Crippen LogP contribution is -2.43. The molecule has 0 saturated carbocycles. The van der Waals surface area contributed by atoms with Crippen molar-refractivity contribution in [1.82, 2.24) is 15.1 Å². The average Bonchev–Trinajstić information content (AvgIpc) is 2.88. The molecule has 0 aromatic heterocycles. The average molecular weight is 239 g/mol. The first-order valence-corrected chi connectivity index (χ1v) is 6.42. The molecule has 96 valence electrons. The monoisotopic (exact) mass is 239 g/mol. The van der Waals surface area contributed by atoms with Crippen molar-refractivity contribution in [2.24, 2.45) is 0 Å². The number of hydrogen-bond acceptors (Lipinski definition) is 4. The number of rotatable bonds is 4. The predicted molar refractivity (Wildman–Crippen MR) is 64.5 cm³/mol. The fraction of sp³-hybridized carbons (Fsp3) is 0.833. The summed E-state index contributed by atoms with van der Waals surface area (Å²) in [5, 5.41) is 3.41. The summed E-state index contributed by atoms with van der Waals surface area (Å²) in [6.45, 7) is 2.92. The number of carbonyl (C=O) groups excluding carboxylic acids is 2. The van der Waals surface area contributed by atoms with Crippen LogP contribution in [0.1, 0.15) is 25.7 Å². The number of carbonyl (C=O) groups is 2. The van der Waals surface area contributed by atoms with Gasteiger partial charge in [0.2, 0.25) is 11.8 Å². The molecular weight excluding hydrogens is 218 g/mol. The van der Waals surface area contributed by atoms with Gasteiger partial charge in [0.15, 0.2) is 0 Å². The molecule has 0 aromatic rings. The molecule has 2 heterocycles. The minimum absolute atomic E-state index is 0.0117. The van der Waals surface area contributed by atoms with E-state index in [-0.39, 0.29) is 11.8 Å². The van der Waals surface area contributed by atoms with Crippen LogP contribution in [0.15, 0.2) is 0 Å². The van der Waals surface area contributed by atoms with E-state index in [1.807, 2.05) is 11.9 Å². The molecule has 1 N–H and O–H groups in total. The van der Waals surface area contributed by atoms with E-state index in [0.717, 1.165) is 19.5 Å². The van der Waals surface area contributed by atoms with Crippen LogP contribution in [0.4, 0.5) is 0 Å². The van der Waals surface area contributed by atoms with Crippen molar-refractivity contribution in [1.29, 1.82) is 0 Å². The van der Waals surface area contributed by atoms with E-state index in [9.17, 15) is 9.59 Å². The van der Waals surface area contributed by atoms with Gasteiger partial charge in [-0.05, 0) is 32.9 Å². The van der Waals surface area contributed by atoms with Crippen molar-refractivity contribution in [2.75, 3.05) is 33.2 Å². The number of likely N-dealkylation sites (N-methyl/N-ethyl adjacent to an activating group) is 1. The van der Waals surface area contributed by atoms with Gasteiger partial charge in [-0.25, -0.2) is 0 Å². The summed E-state index contributed by atoms with van der Waals surface area (Å²) in [7, 11) is 1.94. The van der Waals surface area contributed by atoms with Gasteiger partial charge in [0, 0.05) is 25.6 Å². The van der Waals surface area contributed by atoms with Gasteiger partial charge in [0.1, 0.15) is 0 Å². The van der Waals surface area contributed by atoms with Gasteiger partial charge in [-0.15, -0.1) is 0 Å². The maximum absolute atomic E-state index is 11.9. The van der Waals surface area contributed by atoms with Crippen LogP contribution in [0.2, 0.25) is 0 Å². The van der Waals surface area contributed by atoms with Crippen molar-refractivity contribution in [3.05, 3.63) is 0 Å². The van der Waals surface area contributed by atoms with E-state index in [1.165, 1.54) is 17.7 Å². The van der Waals surface area contributed by atoms with Crippen LogP contribution in [-0.4, -0.2) is 60.9 Å². The summed E-state index contributed by atoms with van der Waals surface area (Å²) in [5.41, 5.74) is 0. The summed E-state index contributed by atoms with van der Waals surface area (Å²) < 4.78 is 0. The first-order valence-electron chi connectivity index (χ1n) is 6.42. The summed E-state index contributed by atoms with van der Waals surface area (Å²) >= 11 is 0. The van der Waals surface area contributed by atoms with Crippen molar-refractivity contribution in [3.63, 3.8) is 0 Å². The largest absolute Gasteiger partial charge is 0.313 e. The Morgan fingerprint density at radius 3 is 2.94 bits per heavy atom. The van der Waals surface area contributed by atoms with E-state index >= 15 is 0 Å². The molecule has 2 aliphatic rings. The highest BCUT2D eigenvalue weighted by atomic mass is 16.2. The van der Waals surface area contributed by atoms with Gasteiger partial charge in [-0.1, -0.05) is 0 Å². The van der Waals surface area contributed by atoms with Crippen molar-refractivity contribution >= 4 is 11.8 Å². The summed E-state index contributed by atoms with van der Waals surface area (Å²) in [4.78, 5) is 26.7. The van der Waals surface area contributed by atoms with Gasteiger partial charge in [0.25, 0.3) is 0 Å². The molecule has 5 nitrogen and oxygen atoms in total. The molecule has 2 amide bonds. The first-order chi connectivity index (χ1) is 8.16. The molecule has 0 radical (unpaired) electrons. The highest BCUT2D eigenvalue weighted by Gasteiger charge is 2.27. The Kier molecular flexibility index (Phi) is 4.12. The van der Waals surface area contributed by atoms with Gasteiger partial charge in [0.05, 0.1) is 6.54 Å². The molecule has 5 heteroatoms. The molecule has 2 rings (SSSR count). The van der Waals surface area contributed by atoms with Crippen LogP contribution >= 0.6 is 0 Å². The molecule has 0 aromatic carbocycles. The molecule has 1 atom stereocenters. The lowest BCUT2D eigenvalue weighted by atomic mass is 10.2. The fourth-order valence-corrected chi connectivity index (χ4v) is 2.58. The fourth-order valence-electron chi connectivity index (χ4n) is 2.58. The van der Waals surface area contributed by atoms with Gasteiger partial charge >= 0.3 is 0 Å². The Morgan fingerprint density at radius 1 is 1.53 bits per heavy atom. The second-order valence-electron chi connectivity index (χ2n) is 5.03. The zero-order valence-corrected chi connectivity index (χ0v) is 10.4. The van der Waals surface area contributed by atoms with Crippen molar-refractivity contribution in [2.45, 2.75) is 31.7 Å². The minimum atomic E-state index is -0.0482. The molecule has 17 heavy (non-hydrogen) atoms. The maximum atomic E-state index is 11.9. The van der Waals surface area contributed by atoms with Gasteiger partial charge in [-0.3, -0.25) is 19.4 Å². The number of imide groups is 1. The van der Waals surface area contributed by atoms with E-state index in [2.05, 4.69) is 5.32 Å². The number of hydrogen-bond donors (Lipinski definition) is 1. The zero-order chi connectivity index (χ0) is 12.3.